The molecule has 2 heterocycles. The van der Waals surface area contributed by atoms with E-state index in [0.717, 1.165) is 31.6 Å². The summed E-state index contributed by atoms with van der Waals surface area (Å²) in [7, 11) is 0. The van der Waals surface area contributed by atoms with Crippen molar-refractivity contribution in [2.75, 3.05) is 26.2 Å². The van der Waals surface area contributed by atoms with Crippen LogP contribution in [0.4, 0.5) is 0 Å². The molecule has 0 radical (unpaired) electrons. The van der Waals surface area contributed by atoms with Crippen molar-refractivity contribution >= 4 is 5.91 Å². The minimum absolute atomic E-state index is 0.103. The minimum atomic E-state index is -0.167. The number of carbonyl (C=O) groups is 1. The first-order valence-corrected chi connectivity index (χ1v) is 8.55. The monoisotopic (exact) mass is 344 g/mol. The molecule has 1 aliphatic rings. The maximum Gasteiger partial charge on any atom is 0.251 e. The standard InChI is InChI=1S/C19H24N2O4/c1-14-17(3-2-4-18(14)22)19(23)20-7-5-16-12-21(8-10-25-16)11-15-6-9-24-13-15/h2-4,6,9,13,16,22H,5,7-8,10-12H2,1H3,(H,20,23)/t16-/m0/s1. The maximum atomic E-state index is 12.3. The molecule has 1 aromatic carbocycles. The first-order chi connectivity index (χ1) is 12.1. The minimum Gasteiger partial charge on any atom is -0.508 e. The lowest BCUT2D eigenvalue weighted by Crippen LogP contribution is -2.43. The van der Waals surface area contributed by atoms with Crippen LogP contribution in [0.15, 0.2) is 41.2 Å². The number of rotatable bonds is 6. The normalized spacial score (nSPS) is 18.2. The van der Waals surface area contributed by atoms with Crippen molar-refractivity contribution < 1.29 is 19.1 Å². The van der Waals surface area contributed by atoms with Crippen LogP contribution in [-0.4, -0.2) is 48.3 Å². The van der Waals surface area contributed by atoms with Gasteiger partial charge in [0.25, 0.3) is 5.91 Å². The van der Waals surface area contributed by atoms with Crippen LogP contribution in [0.3, 0.4) is 0 Å². The lowest BCUT2D eigenvalue weighted by atomic mass is 10.1. The van der Waals surface area contributed by atoms with E-state index < -0.39 is 0 Å². The number of hydrogen-bond donors (Lipinski definition) is 2. The van der Waals surface area contributed by atoms with Gasteiger partial charge in [0.05, 0.1) is 25.2 Å². The molecule has 25 heavy (non-hydrogen) atoms. The maximum absolute atomic E-state index is 12.3. The SMILES string of the molecule is Cc1c(O)cccc1C(=O)NCC[C@H]1CN(Cc2ccoc2)CCO1. The van der Waals surface area contributed by atoms with Gasteiger partial charge < -0.3 is 19.6 Å². The van der Waals surface area contributed by atoms with Crippen molar-refractivity contribution in [2.24, 2.45) is 0 Å². The van der Waals surface area contributed by atoms with Crippen molar-refractivity contribution in [3.63, 3.8) is 0 Å². The van der Waals surface area contributed by atoms with E-state index in [-0.39, 0.29) is 17.8 Å². The third-order valence-electron chi connectivity index (χ3n) is 4.51. The Morgan fingerprint density at radius 3 is 3.08 bits per heavy atom. The van der Waals surface area contributed by atoms with Crippen LogP contribution in [0.5, 0.6) is 5.75 Å². The number of phenols is 1. The Balaban J connectivity index is 1.45. The first-order valence-electron chi connectivity index (χ1n) is 8.55. The van der Waals surface area contributed by atoms with Gasteiger partial charge in [-0.25, -0.2) is 0 Å². The molecule has 1 aliphatic heterocycles. The van der Waals surface area contributed by atoms with Crippen molar-refractivity contribution in [1.82, 2.24) is 10.2 Å². The summed E-state index contributed by atoms with van der Waals surface area (Å²) in [4.78, 5) is 14.6. The molecule has 6 nitrogen and oxygen atoms in total. The summed E-state index contributed by atoms with van der Waals surface area (Å²) in [5, 5.41) is 12.6. The van der Waals surface area contributed by atoms with Gasteiger partial charge in [-0.1, -0.05) is 6.07 Å². The predicted octanol–water partition coefficient (Wildman–Crippen LogP) is 2.31. The summed E-state index contributed by atoms with van der Waals surface area (Å²) >= 11 is 0. The smallest absolute Gasteiger partial charge is 0.251 e. The highest BCUT2D eigenvalue weighted by Gasteiger charge is 2.21. The Labute approximate surface area is 147 Å². The van der Waals surface area contributed by atoms with Crippen molar-refractivity contribution in [1.29, 1.82) is 0 Å². The molecule has 2 aromatic rings. The number of furan rings is 1. The first kappa shape index (κ1) is 17.5. The zero-order chi connectivity index (χ0) is 17.6. The van der Waals surface area contributed by atoms with E-state index in [9.17, 15) is 9.90 Å². The summed E-state index contributed by atoms with van der Waals surface area (Å²) in [6.45, 7) is 5.57. The number of morpholine rings is 1. The predicted molar refractivity (Wildman–Crippen MR) is 93.5 cm³/mol. The fourth-order valence-corrected chi connectivity index (χ4v) is 3.05. The fraction of sp³-hybridized carbons (Fsp3) is 0.421. The molecule has 0 spiro atoms. The number of benzene rings is 1. The number of nitrogens with zero attached hydrogens (tertiary/aromatic N) is 1. The molecule has 1 fully saturated rings. The number of phenolic OH excluding ortho intramolecular Hbond substituents is 1. The van der Waals surface area contributed by atoms with Crippen LogP contribution in [0.2, 0.25) is 0 Å². The van der Waals surface area contributed by atoms with Gasteiger partial charge in [-0.05, 0) is 31.5 Å². The Hall–Kier alpha value is -2.31. The molecule has 1 aromatic heterocycles. The van der Waals surface area contributed by atoms with Gasteiger partial charge >= 0.3 is 0 Å². The molecule has 0 unspecified atom stereocenters. The van der Waals surface area contributed by atoms with Crippen LogP contribution in [0.1, 0.15) is 27.9 Å². The van der Waals surface area contributed by atoms with E-state index in [0.29, 0.717) is 24.3 Å². The van der Waals surface area contributed by atoms with Gasteiger partial charge in [-0.3, -0.25) is 9.69 Å². The van der Waals surface area contributed by atoms with Crippen LogP contribution in [0, 0.1) is 6.92 Å². The Morgan fingerprint density at radius 2 is 2.28 bits per heavy atom. The fourth-order valence-electron chi connectivity index (χ4n) is 3.05. The van der Waals surface area contributed by atoms with E-state index >= 15 is 0 Å². The van der Waals surface area contributed by atoms with E-state index in [2.05, 4.69) is 10.2 Å². The van der Waals surface area contributed by atoms with Gasteiger partial charge in [0.1, 0.15) is 5.75 Å². The number of nitrogens with one attached hydrogen (secondary N) is 1. The highest BCUT2D eigenvalue weighted by Crippen LogP contribution is 2.19. The zero-order valence-corrected chi connectivity index (χ0v) is 14.4. The number of amides is 1. The van der Waals surface area contributed by atoms with Crippen molar-refractivity contribution in [3.05, 3.63) is 53.5 Å². The van der Waals surface area contributed by atoms with Gasteiger partial charge in [0.15, 0.2) is 0 Å². The summed E-state index contributed by atoms with van der Waals surface area (Å²) in [5.41, 5.74) is 2.26. The summed E-state index contributed by atoms with van der Waals surface area (Å²) in [6, 6.07) is 6.95. The molecular formula is C19H24N2O4. The Morgan fingerprint density at radius 1 is 1.40 bits per heavy atom. The van der Waals surface area contributed by atoms with E-state index in [1.165, 1.54) is 0 Å². The third kappa shape index (κ3) is 4.61. The molecule has 1 atom stereocenters. The van der Waals surface area contributed by atoms with Crippen molar-refractivity contribution in [2.45, 2.75) is 26.0 Å². The summed E-state index contributed by atoms with van der Waals surface area (Å²) in [5.74, 6) is -0.0300. The highest BCUT2D eigenvalue weighted by atomic mass is 16.5. The Kier molecular flexibility index (Phi) is 5.73. The second kappa shape index (κ2) is 8.18. The molecule has 0 saturated carbocycles. The molecule has 1 saturated heterocycles. The van der Waals surface area contributed by atoms with Crippen LogP contribution < -0.4 is 5.32 Å². The lowest BCUT2D eigenvalue weighted by Gasteiger charge is -2.32. The molecule has 0 aliphatic carbocycles. The van der Waals surface area contributed by atoms with E-state index in [4.69, 9.17) is 9.15 Å². The van der Waals surface area contributed by atoms with Gasteiger partial charge in [-0.2, -0.15) is 0 Å². The van der Waals surface area contributed by atoms with Gasteiger partial charge in [0.2, 0.25) is 0 Å². The second-order valence-electron chi connectivity index (χ2n) is 6.35. The van der Waals surface area contributed by atoms with Crippen LogP contribution in [-0.2, 0) is 11.3 Å². The van der Waals surface area contributed by atoms with E-state index in [1.54, 1.807) is 37.6 Å². The second-order valence-corrected chi connectivity index (χ2v) is 6.35. The number of ether oxygens (including phenoxy) is 1. The molecule has 1 amide bonds. The highest BCUT2D eigenvalue weighted by molar-refractivity contribution is 5.96. The van der Waals surface area contributed by atoms with E-state index in [1.807, 2.05) is 6.07 Å². The number of aromatic hydroxyl groups is 1. The van der Waals surface area contributed by atoms with Crippen LogP contribution in [0.25, 0.3) is 0 Å². The topological polar surface area (TPSA) is 74.9 Å². The van der Waals surface area contributed by atoms with Crippen molar-refractivity contribution in [3.8, 4) is 5.75 Å². The largest absolute Gasteiger partial charge is 0.508 e. The zero-order valence-electron chi connectivity index (χ0n) is 14.4. The number of hydrogen-bond acceptors (Lipinski definition) is 5. The lowest BCUT2D eigenvalue weighted by molar-refractivity contribution is -0.0342. The van der Waals surface area contributed by atoms with Gasteiger partial charge in [0, 0.05) is 42.9 Å². The molecular weight excluding hydrogens is 320 g/mol. The van der Waals surface area contributed by atoms with Gasteiger partial charge in [-0.15, -0.1) is 0 Å². The molecule has 0 bridgehead atoms. The molecule has 134 valence electrons. The summed E-state index contributed by atoms with van der Waals surface area (Å²) in [6.07, 6.45) is 4.31. The van der Waals surface area contributed by atoms with Crippen LogP contribution >= 0.6 is 0 Å². The Bertz CT molecular complexity index is 699. The average molecular weight is 344 g/mol. The summed E-state index contributed by atoms with van der Waals surface area (Å²) < 4.78 is 10.9. The molecule has 3 rings (SSSR count). The quantitative estimate of drug-likeness (QED) is 0.841. The molecule has 2 N–H and O–H groups in total. The third-order valence-corrected chi connectivity index (χ3v) is 4.51. The average Bonchev–Trinajstić information content (AvgIpc) is 3.10. The molecule has 6 heteroatoms. The number of carbonyl (C=O) groups excluding carboxylic acids is 1.